The van der Waals surface area contributed by atoms with E-state index in [2.05, 4.69) is 4.98 Å². The quantitative estimate of drug-likeness (QED) is 0.750. The number of aromatic hydroxyl groups is 1. The van der Waals surface area contributed by atoms with Crippen molar-refractivity contribution in [2.75, 3.05) is 0 Å². The van der Waals surface area contributed by atoms with E-state index in [4.69, 9.17) is 5.73 Å². The van der Waals surface area contributed by atoms with E-state index in [1.807, 2.05) is 32.0 Å². The van der Waals surface area contributed by atoms with Crippen LogP contribution in [0.3, 0.4) is 0 Å². The molecule has 0 aliphatic rings. The zero-order chi connectivity index (χ0) is 11.3. The number of rotatable bonds is 1. The molecule has 0 fully saturated rings. The molecule has 0 aliphatic carbocycles. The molecule has 1 aromatic heterocycles. The summed E-state index contributed by atoms with van der Waals surface area (Å²) in [5, 5.41) is 10.4. The molecule has 0 aliphatic heterocycles. The van der Waals surface area contributed by atoms with Gasteiger partial charge in [-0.15, -0.1) is 0 Å². The van der Waals surface area contributed by atoms with Crippen LogP contribution in [0.15, 0.2) is 30.3 Å². The first-order valence-corrected chi connectivity index (χ1v) is 5.09. The first kappa shape index (κ1) is 11.5. The summed E-state index contributed by atoms with van der Waals surface area (Å²) >= 11 is 0. The molecule has 3 nitrogen and oxygen atoms in total. The van der Waals surface area contributed by atoms with Crippen LogP contribution in [0.4, 0.5) is 0 Å². The topological polar surface area (TPSA) is 59.1 Å². The van der Waals surface area contributed by atoms with Gasteiger partial charge in [0.15, 0.2) is 0 Å². The highest BCUT2D eigenvalue weighted by atomic mass is 16.3. The lowest BCUT2D eigenvalue weighted by molar-refractivity contribution is 0.480. The van der Waals surface area contributed by atoms with Crippen LogP contribution >= 0.6 is 0 Å². The molecule has 0 radical (unpaired) electrons. The molecule has 0 saturated carbocycles. The fourth-order valence-electron chi connectivity index (χ4n) is 1.29. The third-order valence-electron chi connectivity index (χ3n) is 1.97. The van der Waals surface area contributed by atoms with Gasteiger partial charge in [-0.1, -0.05) is 32.0 Å². The lowest BCUT2D eigenvalue weighted by Gasteiger charge is -2.01. The second-order valence-electron chi connectivity index (χ2n) is 2.86. The summed E-state index contributed by atoms with van der Waals surface area (Å²) in [5.41, 5.74) is 6.85. The van der Waals surface area contributed by atoms with E-state index in [1.54, 1.807) is 12.1 Å². The van der Waals surface area contributed by atoms with Crippen molar-refractivity contribution < 1.29 is 5.11 Å². The number of nitrogens with two attached hydrogens (primary N) is 1. The number of hydrogen-bond acceptors (Lipinski definition) is 3. The minimum absolute atomic E-state index is 0.202. The van der Waals surface area contributed by atoms with Crippen LogP contribution in [0.5, 0.6) is 5.75 Å². The Morgan fingerprint density at radius 2 is 1.93 bits per heavy atom. The fraction of sp³-hybridized carbons (Fsp3) is 0.250. The molecule has 3 heteroatoms. The molecule has 0 bridgehead atoms. The number of para-hydroxylation sites is 1. The number of nitrogens with zero attached hydrogens (tertiary/aromatic N) is 1. The van der Waals surface area contributed by atoms with Crippen molar-refractivity contribution >= 4 is 10.9 Å². The molecule has 2 rings (SSSR count). The molecule has 1 aromatic carbocycles. The molecule has 0 spiro atoms. The minimum atomic E-state index is 0.202. The van der Waals surface area contributed by atoms with E-state index in [1.165, 1.54) is 0 Å². The number of benzene rings is 1. The van der Waals surface area contributed by atoms with Crippen molar-refractivity contribution in [3.63, 3.8) is 0 Å². The summed E-state index contributed by atoms with van der Waals surface area (Å²) in [6.07, 6.45) is 0. The number of hydrogen-bond donors (Lipinski definition) is 2. The Hall–Kier alpha value is -1.61. The van der Waals surface area contributed by atoms with E-state index in [0.29, 0.717) is 12.1 Å². The van der Waals surface area contributed by atoms with Gasteiger partial charge in [-0.3, -0.25) is 0 Å². The van der Waals surface area contributed by atoms with Crippen LogP contribution in [0.25, 0.3) is 10.9 Å². The summed E-state index contributed by atoms with van der Waals surface area (Å²) in [4.78, 5) is 4.22. The van der Waals surface area contributed by atoms with E-state index in [-0.39, 0.29) is 5.75 Å². The SMILES string of the molecule is CC.NCc1ccc2cccc(O)c2n1. The fourth-order valence-corrected chi connectivity index (χ4v) is 1.29. The molecule has 0 atom stereocenters. The second kappa shape index (κ2) is 5.32. The molecule has 1 heterocycles. The van der Waals surface area contributed by atoms with E-state index < -0.39 is 0 Å². The average Bonchev–Trinajstić information content (AvgIpc) is 2.32. The largest absolute Gasteiger partial charge is 0.506 e. The molecule has 80 valence electrons. The van der Waals surface area contributed by atoms with Crippen molar-refractivity contribution in [2.45, 2.75) is 20.4 Å². The number of aromatic nitrogens is 1. The Balaban J connectivity index is 0.000000531. The van der Waals surface area contributed by atoms with Crippen LogP contribution in [0, 0.1) is 0 Å². The van der Waals surface area contributed by atoms with Crippen LogP contribution in [-0.4, -0.2) is 10.1 Å². The van der Waals surface area contributed by atoms with Gasteiger partial charge < -0.3 is 10.8 Å². The van der Waals surface area contributed by atoms with Crippen molar-refractivity contribution in [1.82, 2.24) is 4.98 Å². The summed E-state index contributed by atoms with van der Waals surface area (Å²) in [6.45, 7) is 4.39. The summed E-state index contributed by atoms with van der Waals surface area (Å²) in [6, 6.07) is 9.09. The predicted molar refractivity (Wildman–Crippen MR) is 62.6 cm³/mol. The Morgan fingerprint density at radius 3 is 2.60 bits per heavy atom. The van der Waals surface area contributed by atoms with Gasteiger partial charge in [0.2, 0.25) is 0 Å². The molecule has 15 heavy (non-hydrogen) atoms. The second-order valence-corrected chi connectivity index (χ2v) is 2.86. The Labute approximate surface area is 89.6 Å². The number of pyridine rings is 1. The maximum atomic E-state index is 9.49. The standard InChI is InChI=1S/C10H10N2O.C2H6/c11-6-8-5-4-7-2-1-3-9(13)10(7)12-8;1-2/h1-5,13H,6,11H2;1-2H3. The van der Waals surface area contributed by atoms with Gasteiger partial charge in [0.05, 0.1) is 5.69 Å². The molecule has 0 saturated heterocycles. The lowest BCUT2D eigenvalue weighted by Crippen LogP contribution is -1.98. The number of phenolic OH excluding ortho intramolecular Hbond substituents is 1. The van der Waals surface area contributed by atoms with Crippen LogP contribution in [0.2, 0.25) is 0 Å². The highest BCUT2D eigenvalue weighted by Crippen LogP contribution is 2.21. The average molecular weight is 204 g/mol. The smallest absolute Gasteiger partial charge is 0.141 e. The normalized spacial score (nSPS) is 9.53. The van der Waals surface area contributed by atoms with E-state index >= 15 is 0 Å². The lowest BCUT2D eigenvalue weighted by atomic mass is 10.2. The van der Waals surface area contributed by atoms with Crippen molar-refractivity contribution in [3.05, 3.63) is 36.0 Å². The van der Waals surface area contributed by atoms with Gasteiger partial charge in [0.25, 0.3) is 0 Å². The summed E-state index contributed by atoms with van der Waals surface area (Å²) in [7, 11) is 0. The third kappa shape index (κ3) is 2.44. The Bertz CT molecular complexity index is 441. The van der Waals surface area contributed by atoms with Crippen LogP contribution in [0.1, 0.15) is 19.5 Å². The van der Waals surface area contributed by atoms with Gasteiger partial charge in [-0.05, 0) is 12.1 Å². The van der Waals surface area contributed by atoms with Gasteiger partial charge in [-0.25, -0.2) is 4.98 Å². The van der Waals surface area contributed by atoms with Crippen LogP contribution in [-0.2, 0) is 6.54 Å². The predicted octanol–water partition coefficient (Wildman–Crippen LogP) is 2.43. The number of fused-ring (bicyclic) bond motifs is 1. The van der Waals surface area contributed by atoms with E-state index in [0.717, 1.165) is 11.1 Å². The van der Waals surface area contributed by atoms with Crippen molar-refractivity contribution in [1.29, 1.82) is 0 Å². The molecular formula is C12H16N2O. The van der Waals surface area contributed by atoms with Crippen molar-refractivity contribution in [3.8, 4) is 5.75 Å². The molecular weight excluding hydrogens is 188 g/mol. The van der Waals surface area contributed by atoms with Gasteiger partial charge in [0, 0.05) is 11.9 Å². The molecule has 2 aromatic rings. The minimum Gasteiger partial charge on any atom is -0.506 e. The third-order valence-corrected chi connectivity index (χ3v) is 1.97. The maximum Gasteiger partial charge on any atom is 0.141 e. The first-order chi connectivity index (χ1) is 7.31. The molecule has 0 unspecified atom stereocenters. The summed E-state index contributed by atoms with van der Waals surface area (Å²) in [5.74, 6) is 0.202. The zero-order valence-corrected chi connectivity index (χ0v) is 9.07. The number of phenols is 1. The highest BCUT2D eigenvalue weighted by molar-refractivity contribution is 5.84. The van der Waals surface area contributed by atoms with Gasteiger partial charge in [-0.2, -0.15) is 0 Å². The Kier molecular flexibility index (Phi) is 4.06. The summed E-state index contributed by atoms with van der Waals surface area (Å²) < 4.78 is 0. The van der Waals surface area contributed by atoms with Gasteiger partial charge >= 0.3 is 0 Å². The maximum absolute atomic E-state index is 9.49. The Morgan fingerprint density at radius 1 is 1.20 bits per heavy atom. The highest BCUT2D eigenvalue weighted by Gasteiger charge is 2.00. The van der Waals surface area contributed by atoms with Crippen LogP contribution < -0.4 is 5.73 Å². The molecule has 0 amide bonds. The first-order valence-electron chi connectivity index (χ1n) is 5.09. The van der Waals surface area contributed by atoms with Gasteiger partial charge in [0.1, 0.15) is 11.3 Å². The zero-order valence-electron chi connectivity index (χ0n) is 9.07. The van der Waals surface area contributed by atoms with Crippen molar-refractivity contribution in [2.24, 2.45) is 5.73 Å². The van der Waals surface area contributed by atoms with E-state index in [9.17, 15) is 5.11 Å². The monoisotopic (exact) mass is 204 g/mol. The molecule has 3 N–H and O–H groups in total.